The first-order valence-electron chi connectivity index (χ1n) is 11.6. The molecule has 5 nitrogen and oxygen atoms in total. The summed E-state index contributed by atoms with van der Waals surface area (Å²) in [7, 11) is 0. The molecule has 29 heavy (non-hydrogen) atoms. The summed E-state index contributed by atoms with van der Waals surface area (Å²) in [6, 6.07) is 7.61. The van der Waals surface area contributed by atoms with E-state index in [4.69, 9.17) is 0 Å². The molecular formula is C24H35N3O2. The zero-order valence-electron chi connectivity index (χ0n) is 17.7. The normalized spacial score (nSPS) is 20.0. The molecule has 1 saturated heterocycles. The molecule has 1 aromatic rings. The third-order valence-electron chi connectivity index (χ3n) is 6.69. The average Bonchev–Trinajstić information content (AvgIpc) is 3.65. The Balaban J connectivity index is 1.34. The van der Waals surface area contributed by atoms with E-state index in [2.05, 4.69) is 28.5 Å². The molecule has 2 saturated carbocycles. The quantitative estimate of drug-likeness (QED) is 0.617. The fourth-order valence-electron chi connectivity index (χ4n) is 4.78. The summed E-state index contributed by atoms with van der Waals surface area (Å²) < 4.78 is 0. The molecule has 1 unspecified atom stereocenters. The smallest absolute Gasteiger partial charge is 0.246 e. The fraction of sp³-hybridized carbons (Fsp3) is 0.667. The van der Waals surface area contributed by atoms with Crippen molar-refractivity contribution >= 4 is 23.2 Å². The Kier molecular flexibility index (Phi) is 6.41. The van der Waals surface area contributed by atoms with Crippen LogP contribution in [0.1, 0.15) is 64.7 Å². The number of nitrogens with zero attached hydrogens (tertiary/aromatic N) is 1. The lowest BCUT2D eigenvalue weighted by atomic mass is 9.93. The highest BCUT2D eigenvalue weighted by Gasteiger charge is 2.42. The van der Waals surface area contributed by atoms with Crippen LogP contribution in [-0.2, 0) is 9.59 Å². The van der Waals surface area contributed by atoms with E-state index >= 15 is 0 Å². The Morgan fingerprint density at radius 3 is 2.41 bits per heavy atom. The topological polar surface area (TPSA) is 61.4 Å². The van der Waals surface area contributed by atoms with Crippen molar-refractivity contribution in [1.29, 1.82) is 0 Å². The molecule has 3 aliphatic rings. The standard InChI is InChI=1S/C24H35N3O2/c1-2-6-22(26-23(28)16-21(17-9-10-17)18-11-12-18)24(29)25-19-7-5-8-20(15-19)27-13-3-4-14-27/h5,7-8,15,17-18,21-22H,2-4,6,9-14,16H2,1H3,(H,25,29)(H,26,28). The first-order chi connectivity index (χ1) is 14.1. The molecule has 2 N–H and O–H groups in total. The van der Waals surface area contributed by atoms with Gasteiger partial charge < -0.3 is 15.5 Å². The summed E-state index contributed by atoms with van der Waals surface area (Å²) in [6.07, 6.45) is 9.69. The maximum absolute atomic E-state index is 12.9. The molecule has 3 fully saturated rings. The number of amides is 2. The van der Waals surface area contributed by atoms with Gasteiger partial charge in [-0.25, -0.2) is 0 Å². The molecule has 5 heteroatoms. The van der Waals surface area contributed by atoms with Crippen LogP contribution < -0.4 is 15.5 Å². The number of carbonyl (C=O) groups excluding carboxylic acids is 2. The van der Waals surface area contributed by atoms with Crippen molar-refractivity contribution in [3.8, 4) is 0 Å². The third-order valence-corrected chi connectivity index (χ3v) is 6.69. The lowest BCUT2D eigenvalue weighted by Gasteiger charge is -2.22. The zero-order valence-corrected chi connectivity index (χ0v) is 17.7. The van der Waals surface area contributed by atoms with Gasteiger partial charge in [-0.1, -0.05) is 19.4 Å². The molecule has 0 aromatic heterocycles. The predicted octanol–water partition coefficient (Wildman–Crippen LogP) is 4.34. The Bertz CT molecular complexity index is 709. The van der Waals surface area contributed by atoms with Crippen molar-refractivity contribution < 1.29 is 9.59 Å². The Hall–Kier alpha value is -2.04. The number of nitrogens with one attached hydrogen (secondary N) is 2. The van der Waals surface area contributed by atoms with E-state index in [1.54, 1.807) is 0 Å². The van der Waals surface area contributed by atoms with Crippen LogP contribution in [0.15, 0.2) is 24.3 Å². The second kappa shape index (κ2) is 9.19. The molecule has 1 aliphatic heterocycles. The minimum absolute atomic E-state index is 0.0493. The molecule has 0 bridgehead atoms. The van der Waals surface area contributed by atoms with Gasteiger partial charge in [0.1, 0.15) is 6.04 Å². The SMILES string of the molecule is CCCC(NC(=O)CC(C1CC1)C1CC1)C(=O)Nc1cccc(N2CCCC2)c1. The van der Waals surface area contributed by atoms with Crippen LogP contribution in [0, 0.1) is 17.8 Å². The van der Waals surface area contributed by atoms with Gasteiger partial charge in [-0.05, 0) is 80.9 Å². The van der Waals surface area contributed by atoms with Gasteiger partial charge in [-0.2, -0.15) is 0 Å². The average molecular weight is 398 g/mol. The predicted molar refractivity (Wildman–Crippen MR) is 117 cm³/mol. The first kappa shape index (κ1) is 20.2. The van der Waals surface area contributed by atoms with E-state index in [-0.39, 0.29) is 11.8 Å². The maximum Gasteiger partial charge on any atom is 0.246 e. The van der Waals surface area contributed by atoms with E-state index in [1.165, 1.54) is 38.5 Å². The number of carbonyl (C=O) groups is 2. The van der Waals surface area contributed by atoms with Gasteiger partial charge in [0.05, 0.1) is 0 Å². The first-order valence-corrected chi connectivity index (χ1v) is 11.6. The van der Waals surface area contributed by atoms with Gasteiger partial charge in [0, 0.05) is 30.9 Å². The molecular weight excluding hydrogens is 362 g/mol. The minimum atomic E-state index is -0.456. The van der Waals surface area contributed by atoms with E-state index in [9.17, 15) is 9.59 Å². The summed E-state index contributed by atoms with van der Waals surface area (Å²) in [5, 5.41) is 6.08. The number of hydrogen-bond acceptors (Lipinski definition) is 3. The molecule has 158 valence electrons. The minimum Gasteiger partial charge on any atom is -0.371 e. The summed E-state index contributed by atoms with van der Waals surface area (Å²) in [6.45, 7) is 4.21. The van der Waals surface area contributed by atoms with Crippen molar-refractivity contribution in [1.82, 2.24) is 5.32 Å². The van der Waals surface area contributed by atoms with E-state index < -0.39 is 6.04 Å². The second-order valence-electron chi connectivity index (χ2n) is 9.19. The van der Waals surface area contributed by atoms with Crippen molar-refractivity contribution in [3.05, 3.63) is 24.3 Å². The van der Waals surface area contributed by atoms with Crippen molar-refractivity contribution in [2.24, 2.45) is 17.8 Å². The van der Waals surface area contributed by atoms with E-state index in [1.807, 2.05) is 18.2 Å². The van der Waals surface area contributed by atoms with Gasteiger partial charge in [0.2, 0.25) is 11.8 Å². The number of rotatable bonds is 10. The number of benzene rings is 1. The second-order valence-corrected chi connectivity index (χ2v) is 9.19. The summed E-state index contributed by atoms with van der Waals surface area (Å²) in [4.78, 5) is 28.0. The van der Waals surface area contributed by atoms with E-state index in [0.29, 0.717) is 18.8 Å². The molecule has 4 rings (SSSR count). The summed E-state index contributed by atoms with van der Waals surface area (Å²) in [5.74, 6) is 1.99. The van der Waals surface area contributed by atoms with Gasteiger partial charge >= 0.3 is 0 Å². The van der Waals surface area contributed by atoms with Crippen molar-refractivity contribution in [2.75, 3.05) is 23.3 Å². The zero-order chi connectivity index (χ0) is 20.2. The lowest BCUT2D eigenvalue weighted by molar-refractivity contribution is -0.127. The van der Waals surface area contributed by atoms with Crippen LogP contribution in [-0.4, -0.2) is 30.9 Å². The van der Waals surface area contributed by atoms with E-state index in [0.717, 1.165) is 42.7 Å². The number of hydrogen-bond donors (Lipinski definition) is 2. The number of anilines is 2. The van der Waals surface area contributed by atoms with Crippen LogP contribution in [0.4, 0.5) is 11.4 Å². The van der Waals surface area contributed by atoms with Crippen LogP contribution in [0.25, 0.3) is 0 Å². The Labute approximate surface area is 174 Å². The monoisotopic (exact) mass is 397 g/mol. The Morgan fingerprint density at radius 1 is 1.10 bits per heavy atom. The van der Waals surface area contributed by atoms with Crippen molar-refractivity contribution in [3.63, 3.8) is 0 Å². The van der Waals surface area contributed by atoms with Crippen LogP contribution in [0.3, 0.4) is 0 Å². The molecule has 2 aliphatic carbocycles. The van der Waals surface area contributed by atoms with Crippen LogP contribution in [0.5, 0.6) is 0 Å². The summed E-state index contributed by atoms with van der Waals surface area (Å²) >= 11 is 0. The molecule has 1 aromatic carbocycles. The summed E-state index contributed by atoms with van der Waals surface area (Å²) in [5.41, 5.74) is 1.97. The van der Waals surface area contributed by atoms with Gasteiger partial charge in [0.15, 0.2) is 0 Å². The maximum atomic E-state index is 12.9. The van der Waals surface area contributed by atoms with Crippen molar-refractivity contribution in [2.45, 2.75) is 70.8 Å². The van der Waals surface area contributed by atoms with Crippen LogP contribution >= 0.6 is 0 Å². The molecule has 1 atom stereocenters. The molecule has 1 heterocycles. The third kappa shape index (κ3) is 5.52. The molecule has 2 amide bonds. The highest BCUT2D eigenvalue weighted by Crippen LogP contribution is 2.50. The fourth-order valence-corrected chi connectivity index (χ4v) is 4.78. The highest BCUT2D eigenvalue weighted by atomic mass is 16.2. The molecule has 0 radical (unpaired) electrons. The van der Waals surface area contributed by atoms with Gasteiger partial charge in [0.25, 0.3) is 0 Å². The molecule has 0 spiro atoms. The largest absolute Gasteiger partial charge is 0.371 e. The van der Waals surface area contributed by atoms with Gasteiger partial charge in [-0.3, -0.25) is 9.59 Å². The van der Waals surface area contributed by atoms with Crippen LogP contribution in [0.2, 0.25) is 0 Å². The highest BCUT2D eigenvalue weighted by molar-refractivity contribution is 5.97. The Morgan fingerprint density at radius 2 is 1.79 bits per heavy atom. The lowest BCUT2D eigenvalue weighted by Crippen LogP contribution is -2.44. The van der Waals surface area contributed by atoms with Gasteiger partial charge in [-0.15, -0.1) is 0 Å².